The third kappa shape index (κ3) is 6.19. The third-order valence-electron chi connectivity index (χ3n) is 3.68. The highest BCUT2D eigenvalue weighted by molar-refractivity contribution is 7.80. The number of unbranched alkanes of at least 4 members (excludes halogenated alkanes) is 2. The van der Waals surface area contributed by atoms with Crippen LogP contribution in [0.1, 0.15) is 38.4 Å². The lowest BCUT2D eigenvalue weighted by Crippen LogP contribution is -2.33. The highest BCUT2D eigenvalue weighted by Gasteiger charge is 2.06. The molecule has 0 bridgehead atoms. The quantitative estimate of drug-likeness (QED) is 0.247. The van der Waals surface area contributed by atoms with Gasteiger partial charge < -0.3 is 14.5 Å². The minimum Gasteiger partial charge on any atom is -0.469 e. The molecule has 2 N–H and O–H groups in total. The standard InChI is InChI=1S/C18H23N3O3S/c1-13(16-12-14-8-5-6-9-15(14)24-16)20-21-18(25)19-11-7-3-4-10-17(22)23-2/h5-6,8-9,12H,3-4,7,10-11H2,1-2H3,(H2,19,21,25)/b20-13-. The molecule has 1 aromatic carbocycles. The summed E-state index contributed by atoms with van der Waals surface area (Å²) in [4.78, 5) is 11.0. The highest BCUT2D eigenvalue weighted by Crippen LogP contribution is 2.19. The van der Waals surface area contributed by atoms with E-state index in [0.717, 1.165) is 42.5 Å². The van der Waals surface area contributed by atoms with Gasteiger partial charge in [-0.3, -0.25) is 10.2 Å². The molecule has 0 fully saturated rings. The van der Waals surface area contributed by atoms with Crippen molar-refractivity contribution < 1.29 is 13.9 Å². The van der Waals surface area contributed by atoms with E-state index in [0.29, 0.717) is 17.3 Å². The maximum atomic E-state index is 11.0. The van der Waals surface area contributed by atoms with E-state index in [1.807, 2.05) is 37.3 Å². The van der Waals surface area contributed by atoms with Crippen molar-refractivity contribution in [1.29, 1.82) is 0 Å². The monoisotopic (exact) mass is 361 g/mol. The second-order valence-electron chi connectivity index (χ2n) is 5.60. The number of nitrogens with zero attached hydrogens (tertiary/aromatic N) is 1. The van der Waals surface area contributed by atoms with Gasteiger partial charge in [0.25, 0.3) is 0 Å². The fourth-order valence-corrected chi connectivity index (χ4v) is 2.41. The minimum absolute atomic E-state index is 0.166. The Morgan fingerprint density at radius 3 is 2.84 bits per heavy atom. The summed E-state index contributed by atoms with van der Waals surface area (Å²) in [5.74, 6) is 0.542. The summed E-state index contributed by atoms with van der Waals surface area (Å²) in [6.07, 6.45) is 3.13. The first-order valence-corrected chi connectivity index (χ1v) is 8.65. The fourth-order valence-electron chi connectivity index (χ4n) is 2.26. The van der Waals surface area contributed by atoms with Gasteiger partial charge in [-0.2, -0.15) is 5.10 Å². The molecule has 2 rings (SSSR count). The number of benzene rings is 1. The summed E-state index contributed by atoms with van der Waals surface area (Å²) in [6, 6.07) is 9.77. The summed E-state index contributed by atoms with van der Waals surface area (Å²) in [5, 5.41) is 8.83. The molecule has 134 valence electrons. The molecule has 0 amide bonds. The largest absolute Gasteiger partial charge is 0.469 e. The Bertz CT molecular complexity index is 722. The van der Waals surface area contributed by atoms with Crippen LogP contribution in [0.4, 0.5) is 0 Å². The van der Waals surface area contributed by atoms with Gasteiger partial charge in [0.15, 0.2) is 10.9 Å². The number of hydrogen-bond donors (Lipinski definition) is 2. The predicted octanol–water partition coefficient (Wildman–Crippen LogP) is 3.35. The zero-order valence-electron chi connectivity index (χ0n) is 14.5. The van der Waals surface area contributed by atoms with Crippen LogP contribution >= 0.6 is 12.2 Å². The number of furan rings is 1. The van der Waals surface area contributed by atoms with E-state index in [2.05, 4.69) is 20.6 Å². The van der Waals surface area contributed by atoms with Crippen molar-refractivity contribution in [2.24, 2.45) is 5.10 Å². The van der Waals surface area contributed by atoms with Crippen LogP contribution in [0.25, 0.3) is 11.0 Å². The molecule has 1 heterocycles. The van der Waals surface area contributed by atoms with Crippen LogP contribution in [-0.4, -0.2) is 30.4 Å². The number of fused-ring (bicyclic) bond motifs is 1. The predicted molar refractivity (Wildman–Crippen MR) is 103 cm³/mol. The van der Waals surface area contributed by atoms with Gasteiger partial charge in [-0.05, 0) is 44.1 Å². The summed E-state index contributed by atoms with van der Waals surface area (Å²) in [7, 11) is 1.40. The lowest BCUT2D eigenvalue weighted by Gasteiger charge is -2.07. The Labute approximate surface area is 152 Å². The first kappa shape index (κ1) is 18.9. The maximum absolute atomic E-state index is 11.0. The van der Waals surface area contributed by atoms with Crippen LogP contribution in [0.5, 0.6) is 0 Å². The number of carbonyl (C=O) groups excluding carboxylic acids is 1. The van der Waals surface area contributed by atoms with Crippen LogP contribution < -0.4 is 10.7 Å². The number of rotatable bonds is 8. The fraction of sp³-hybridized carbons (Fsp3) is 0.389. The molecule has 0 radical (unpaired) electrons. The van der Waals surface area contributed by atoms with E-state index in [9.17, 15) is 4.79 Å². The zero-order chi connectivity index (χ0) is 18.1. The number of thiocarbonyl (C=S) groups is 1. The second kappa shape index (κ2) is 9.78. The van der Waals surface area contributed by atoms with Gasteiger partial charge in [0, 0.05) is 18.4 Å². The Hall–Kier alpha value is -2.41. The molecule has 2 aromatic rings. The lowest BCUT2D eigenvalue weighted by atomic mass is 10.2. The van der Waals surface area contributed by atoms with Crippen molar-refractivity contribution >= 4 is 40.0 Å². The Kier molecular flexibility index (Phi) is 7.40. The molecule has 1 aromatic heterocycles. The Morgan fingerprint density at radius 1 is 1.28 bits per heavy atom. The van der Waals surface area contributed by atoms with Crippen molar-refractivity contribution in [1.82, 2.24) is 10.7 Å². The topological polar surface area (TPSA) is 75.9 Å². The van der Waals surface area contributed by atoms with Crippen molar-refractivity contribution in [3.8, 4) is 0 Å². The molecule has 0 spiro atoms. The van der Waals surface area contributed by atoms with Crippen LogP contribution in [0.2, 0.25) is 0 Å². The number of para-hydroxylation sites is 1. The van der Waals surface area contributed by atoms with E-state index < -0.39 is 0 Å². The molecule has 7 heteroatoms. The molecule has 0 aliphatic carbocycles. The van der Waals surface area contributed by atoms with Gasteiger partial charge in [0.05, 0.1) is 7.11 Å². The number of nitrogens with one attached hydrogen (secondary N) is 2. The number of esters is 1. The SMILES string of the molecule is COC(=O)CCCCCNC(=S)N/N=C(/C)c1cc2ccccc2o1. The molecule has 25 heavy (non-hydrogen) atoms. The van der Waals surface area contributed by atoms with Gasteiger partial charge in [-0.15, -0.1) is 0 Å². The molecular formula is C18H23N3O3S. The summed E-state index contributed by atoms with van der Waals surface area (Å²) in [5.41, 5.74) is 4.37. The highest BCUT2D eigenvalue weighted by atomic mass is 32.1. The maximum Gasteiger partial charge on any atom is 0.305 e. The van der Waals surface area contributed by atoms with Crippen molar-refractivity contribution in [2.45, 2.75) is 32.6 Å². The summed E-state index contributed by atoms with van der Waals surface area (Å²) < 4.78 is 10.3. The van der Waals surface area contributed by atoms with E-state index in [4.69, 9.17) is 16.6 Å². The average molecular weight is 361 g/mol. The molecule has 0 atom stereocenters. The van der Waals surface area contributed by atoms with E-state index in [1.54, 1.807) is 0 Å². The van der Waals surface area contributed by atoms with Crippen molar-refractivity contribution in [2.75, 3.05) is 13.7 Å². The lowest BCUT2D eigenvalue weighted by molar-refractivity contribution is -0.140. The van der Waals surface area contributed by atoms with Gasteiger partial charge in [0.2, 0.25) is 0 Å². The van der Waals surface area contributed by atoms with E-state index >= 15 is 0 Å². The van der Waals surface area contributed by atoms with Crippen molar-refractivity contribution in [3.05, 3.63) is 36.1 Å². The molecular weight excluding hydrogens is 338 g/mol. The molecule has 0 unspecified atom stereocenters. The zero-order valence-corrected chi connectivity index (χ0v) is 15.3. The number of carbonyl (C=O) groups is 1. The number of ether oxygens (including phenoxy) is 1. The number of hydrazone groups is 1. The van der Waals surface area contributed by atoms with Gasteiger partial charge in [0.1, 0.15) is 11.3 Å². The molecule has 0 saturated heterocycles. The minimum atomic E-state index is -0.166. The molecule has 0 aliphatic heterocycles. The molecule has 0 aliphatic rings. The second-order valence-corrected chi connectivity index (χ2v) is 6.01. The van der Waals surface area contributed by atoms with Gasteiger partial charge in [-0.1, -0.05) is 24.6 Å². The summed E-state index contributed by atoms with van der Waals surface area (Å²) in [6.45, 7) is 2.59. The third-order valence-corrected chi connectivity index (χ3v) is 3.91. The van der Waals surface area contributed by atoms with Crippen LogP contribution in [0.15, 0.2) is 39.9 Å². The normalized spacial score (nSPS) is 11.4. The number of methoxy groups -OCH3 is 1. The average Bonchev–Trinajstić information content (AvgIpc) is 3.06. The first-order valence-electron chi connectivity index (χ1n) is 8.24. The van der Waals surface area contributed by atoms with E-state index in [-0.39, 0.29) is 5.97 Å². The Morgan fingerprint density at radius 2 is 2.08 bits per heavy atom. The van der Waals surface area contributed by atoms with E-state index in [1.165, 1.54) is 7.11 Å². The Balaban J connectivity index is 1.69. The van der Waals surface area contributed by atoms with Crippen LogP contribution in [-0.2, 0) is 9.53 Å². The number of hydrogen-bond acceptors (Lipinski definition) is 5. The van der Waals surface area contributed by atoms with Crippen molar-refractivity contribution in [3.63, 3.8) is 0 Å². The van der Waals surface area contributed by atoms with Gasteiger partial charge in [-0.25, -0.2) is 0 Å². The summed E-state index contributed by atoms with van der Waals surface area (Å²) >= 11 is 5.19. The smallest absolute Gasteiger partial charge is 0.305 e. The first-order chi connectivity index (χ1) is 12.1. The van der Waals surface area contributed by atoms with Crippen LogP contribution in [0.3, 0.4) is 0 Å². The molecule has 0 saturated carbocycles. The van der Waals surface area contributed by atoms with Gasteiger partial charge >= 0.3 is 5.97 Å². The van der Waals surface area contributed by atoms with Crippen LogP contribution in [0, 0.1) is 0 Å². The molecule has 6 nitrogen and oxygen atoms in total.